The van der Waals surface area contributed by atoms with Crippen molar-refractivity contribution >= 4 is 12.4 Å². The standard InChI is InChI=1S/C12H16F2N2.ClH/c13-10-3-4-12(14)9(6-10)7-16-5-1-2-11(15)8-16;/h3-4,6,11H,1-2,5,7-8,15H2;1H/t11-;/m1./s1. The number of nitrogens with two attached hydrogens (primary N) is 1. The minimum atomic E-state index is -0.391. The molecule has 0 radical (unpaired) electrons. The first-order valence-corrected chi connectivity index (χ1v) is 5.57. The zero-order chi connectivity index (χ0) is 11.5. The van der Waals surface area contributed by atoms with E-state index in [2.05, 4.69) is 4.90 Å². The summed E-state index contributed by atoms with van der Waals surface area (Å²) in [6, 6.07) is 3.73. The van der Waals surface area contributed by atoms with Crippen LogP contribution in [0.2, 0.25) is 0 Å². The van der Waals surface area contributed by atoms with Crippen LogP contribution in [0.25, 0.3) is 0 Å². The lowest BCUT2D eigenvalue weighted by atomic mass is 10.1. The zero-order valence-corrected chi connectivity index (χ0v) is 10.4. The largest absolute Gasteiger partial charge is 0.327 e. The van der Waals surface area contributed by atoms with Crippen molar-refractivity contribution in [3.05, 3.63) is 35.4 Å². The Balaban J connectivity index is 0.00000144. The average molecular weight is 263 g/mol. The second-order valence-electron chi connectivity index (χ2n) is 4.37. The first kappa shape index (κ1) is 14.4. The molecule has 1 aromatic carbocycles. The predicted octanol–water partition coefficient (Wildman–Crippen LogP) is 2.31. The quantitative estimate of drug-likeness (QED) is 0.886. The average Bonchev–Trinajstić information content (AvgIpc) is 2.24. The summed E-state index contributed by atoms with van der Waals surface area (Å²) in [5.74, 6) is -0.738. The fourth-order valence-corrected chi connectivity index (χ4v) is 2.14. The van der Waals surface area contributed by atoms with Gasteiger partial charge in [0.2, 0.25) is 0 Å². The molecule has 5 heteroatoms. The van der Waals surface area contributed by atoms with Gasteiger partial charge in [0, 0.05) is 24.7 Å². The van der Waals surface area contributed by atoms with Crippen molar-refractivity contribution < 1.29 is 8.78 Å². The molecule has 0 aromatic heterocycles. The topological polar surface area (TPSA) is 29.3 Å². The summed E-state index contributed by atoms with van der Waals surface area (Å²) in [6.45, 7) is 2.11. The van der Waals surface area contributed by atoms with Crippen LogP contribution < -0.4 is 5.73 Å². The summed E-state index contributed by atoms with van der Waals surface area (Å²) in [6.07, 6.45) is 2.04. The van der Waals surface area contributed by atoms with Gasteiger partial charge in [-0.25, -0.2) is 8.78 Å². The van der Waals surface area contributed by atoms with Crippen molar-refractivity contribution in [2.24, 2.45) is 5.73 Å². The van der Waals surface area contributed by atoms with Crippen molar-refractivity contribution in [1.82, 2.24) is 4.90 Å². The zero-order valence-electron chi connectivity index (χ0n) is 9.53. The molecule has 1 aromatic rings. The van der Waals surface area contributed by atoms with Gasteiger partial charge in [-0.15, -0.1) is 12.4 Å². The first-order chi connectivity index (χ1) is 7.65. The monoisotopic (exact) mass is 262 g/mol. The molecule has 1 aliphatic rings. The number of hydrogen-bond donors (Lipinski definition) is 1. The van der Waals surface area contributed by atoms with Gasteiger partial charge < -0.3 is 5.73 Å². The van der Waals surface area contributed by atoms with Gasteiger partial charge in [-0.3, -0.25) is 4.90 Å². The molecule has 1 heterocycles. The summed E-state index contributed by atoms with van der Waals surface area (Å²) in [5, 5.41) is 0. The molecule has 2 rings (SSSR count). The second kappa shape index (κ2) is 6.28. The van der Waals surface area contributed by atoms with Gasteiger partial charge in [-0.1, -0.05) is 0 Å². The maximum absolute atomic E-state index is 13.4. The molecule has 0 unspecified atom stereocenters. The Hall–Kier alpha value is -0.710. The van der Waals surface area contributed by atoms with Gasteiger partial charge in [0.25, 0.3) is 0 Å². The van der Waals surface area contributed by atoms with Crippen LogP contribution in [0.1, 0.15) is 18.4 Å². The van der Waals surface area contributed by atoms with Crippen molar-refractivity contribution in [3.63, 3.8) is 0 Å². The van der Waals surface area contributed by atoms with Crippen molar-refractivity contribution in [2.75, 3.05) is 13.1 Å². The SMILES string of the molecule is Cl.N[C@@H]1CCCN(Cc2cc(F)ccc2F)C1. The molecular formula is C12H17ClF2N2. The molecule has 2 nitrogen and oxygen atoms in total. The molecule has 1 atom stereocenters. The molecule has 17 heavy (non-hydrogen) atoms. The van der Waals surface area contributed by atoms with Gasteiger partial charge in [-0.2, -0.15) is 0 Å². The molecule has 0 bridgehead atoms. The van der Waals surface area contributed by atoms with Gasteiger partial charge >= 0.3 is 0 Å². The van der Waals surface area contributed by atoms with Crippen molar-refractivity contribution in [3.8, 4) is 0 Å². The molecule has 96 valence electrons. The second-order valence-corrected chi connectivity index (χ2v) is 4.37. The summed E-state index contributed by atoms with van der Waals surface area (Å²) < 4.78 is 26.4. The Morgan fingerprint density at radius 1 is 1.35 bits per heavy atom. The van der Waals surface area contributed by atoms with Crippen LogP contribution in [0.5, 0.6) is 0 Å². The van der Waals surface area contributed by atoms with E-state index in [0.29, 0.717) is 12.1 Å². The molecule has 1 aliphatic heterocycles. The lowest BCUT2D eigenvalue weighted by Gasteiger charge is -2.30. The van der Waals surface area contributed by atoms with E-state index in [9.17, 15) is 8.78 Å². The van der Waals surface area contributed by atoms with Gasteiger partial charge in [-0.05, 0) is 37.6 Å². The highest BCUT2D eigenvalue weighted by molar-refractivity contribution is 5.85. The summed E-state index contributed by atoms with van der Waals surface area (Å²) in [7, 11) is 0. The molecular weight excluding hydrogens is 246 g/mol. The first-order valence-electron chi connectivity index (χ1n) is 5.57. The third kappa shape index (κ3) is 3.91. The fraction of sp³-hybridized carbons (Fsp3) is 0.500. The summed E-state index contributed by atoms with van der Waals surface area (Å²) >= 11 is 0. The summed E-state index contributed by atoms with van der Waals surface area (Å²) in [4.78, 5) is 2.08. The van der Waals surface area contributed by atoms with Gasteiger partial charge in [0.05, 0.1) is 0 Å². The van der Waals surface area contributed by atoms with Crippen LogP contribution in [0, 0.1) is 11.6 Å². The van der Waals surface area contributed by atoms with E-state index in [1.54, 1.807) is 0 Å². The molecule has 1 saturated heterocycles. The van der Waals surface area contributed by atoms with Crippen LogP contribution in [-0.2, 0) is 6.54 Å². The molecule has 2 N–H and O–H groups in total. The van der Waals surface area contributed by atoms with Gasteiger partial charge in [0.1, 0.15) is 11.6 Å². The number of halogens is 3. The Bertz CT molecular complexity index is 374. The van der Waals surface area contributed by atoms with Crippen molar-refractivity contribution in [2.45, 2.75) is 25.4 Å². The molecule has 0 spiro atoms. The Labute approximate surface area is 106 Å². The normalized spacial score (nSPS) is 21.0. The van der Waals surface area contributed by atoms with Gasteiger partial charge in [0.15, 0.2) is 0 Å². The minimum Gasteiger partial charge on any atom is -0.327 e. The molecule has 0 saturated carbocycles. The number of nitrogens with zero attached hydrogens (tertiary/aromatic N) is 1. The van der Waals surface area contributed by atoms with E-state index in [1.807, 2.05) is 0 Å². The van der Waals surface area contributed by atoms with Crippen LogP contribution >= 0.6 is 12.4 Å². The number of benzene rings is 1. The van der Waals surface area contributed by atoms with Crippen molar-refractivity contribution in [1.29, 1.82) is 0 Å². The maximum Gasteiger partial charge on any atom is 0.127 e. The van der Waals surface area contributed by atoms with Crippen LogP contribution in [0.3, 0.4) is 0 Å². The fourth-order valence-electron chi connectivity index (χ4n) is 2.14. The Kier molecular flexibility index (Phi) is 5.31. The number of piperidine rings is 1. The molecule has 1 fully saturated rings. The Morgan fingerprint density at radius 2 is 2.12 bits per heavy atom. The molecule has 0 amide bonds. The third-order valence-electron chi connectivity index (χ3n) is 2.94. The third-order valence-corrected chi connectivity index (χ3v) is 2.94. The smallest absolute Gasteiger partial charge is 0.127 e. The van der Waals surface area contributed by atoms with E-state index in [-0.39, 0.29) is 24.3 Å². The number of rotatable bonds is 2. The van der Waals surface area contributed by atoms with Crippen LogP contribution in [-0.4, -0.2) is 24.0 Å². The molecule has 0 aliphatic carbocycles. The van der Waals surface area contributed by atoms with Crippen LogP contribution in [0.4, 0.5) is 8.78 Å². The highest BCUT2D eigenvalue weighted by Gasteiger charge is 2.17. The number of hydrogen-bond acceptors (Lipinski definition) is 2. The van der Waals surface area contributed by atoms with Crippen LogP contribution in [0.15, 0.2) is 18.2 Å². The van der Waals surface area contributed by atoms with E-state index >= 15 is 0 Å². The van der Waals surface area contributed by atoms with E-state index in [0.717, 1.165) is 32.0 Å². The van der Waals surface area contributed by atoms with E-state index < -0.39 is 5.82 Å². The lowest BCUT2D eigenvalue weighted by Crippen LogP contribution is -2.42. The predicted molar refractivity (Wildman–Crippen MR) is 66.1 cm³/mol. The summed E-state index contributed by atoms with van der Waals surface area (Å²) in [5.41, 5.74) is 6.25. The number of likely N-dealkylation sites (tertiary alicyclic amines) is 1. The lowest BCUT2D eigenvalue weighted by molar-refractivity contribution is 0.199. The Morgan fingerprint density at radius 3 is 2.82 bits per heavy atom. The minimum absolute atomic E-state index is 0. The highest BCUT2D eigenvalue weighted by atomic mass is 35.5. The van der Waals surface area contributed by atoms with E-state index in [1.165, 1.54) is 12.1 Å². The van der Waals surface area contributed by atoms with E-state index in [4.69, 9.17) is 5.73 Å². The highest BCUT2D eigenvalue weighted by Crippen LogP contribution is 2.15. The maximum atomic E-state index is 13.4.